The van der Waals surface area contributed by atoms with Gasteiger partial charge in [0.2, 0.25) is 5.91 Å². The Bertz CT molecular complexity index is 2140. The molecule has 0 spiro atoms. The number of aliphatic hydroxyl groups excluding tert-OH is 11. The fourth-order valence-corrected chi connectivity index (χ4v) is 16.8. The molecule has 3 fully saturated rings. The molecule has 0 aliphatic carbocycles. The average Bonchev–Trinajstić information content (AvgIpc) is 0.784. The summed E-state index contributed by atoms with van der Waals surface area (Å²) in [5.74, 6) is -0.275. The third-order valence-corrected chi connectivity index (χ3v) is 24.5. The number of nitrogens with one attached hydrogen (secondary N) is 1. The molecule has 3 heterocycles. The van der Waals surface area contributed by atoms with Crippen LogP contribution >= 0.6 is 0 Å². The fourth-order valence-electron chi connectivity index (χ4n) is 16.8. The predicted octanol–water partition coefficient (Wildman–Crippen LogP) is 19.6. The van der Waals surface area contributed by atoms with Crippen LogP contribution in [0.4, 0.5) is 0 Å². The van der Waals surface area contributed by atoms with Crippen molar-refractivity contribution in [1.82, 2.24) is 5.32 Å². The molecule has 3 aliphatic heterocycles. The Morgan fingerprint density at radius 3 is 0.877 bits per heavy atom. The molecule has 0 aromatic rings. The molecule has 1 amide bonds. The molecule has 19 nitrogen and oxygen atoms in total. The van der Waals surface area contributed by atoms with Crippen LogP contribution in [0.15, 0.2) is 24.3 Å². The normalized spacial score (nSPS) is 24.7. The zero-order valence-corrected chi connectivity index (χ0v) is 73.1. The Hall–Kier alpha value is -1.73. The van der Waals surface area contributed by atoms with E-state index in [1.807, 2.05) is 6.08 Å². The highest BCUT2D eigenvalue weighted by molar-refractivity contribution is 5.76. The number of hydrogen-bond acceptors (Lipinski definition) is 18. The van der Waals surface area contributed by atoms with Gasteiger partial charge in [-0.2, -0.15) is 0 Å². The maximum Gasteiger partial charge on any atom is 0.220 e. The monoisotopic (exact) mass is 1620 g/mol. The van der Waals surface area contributed by atoms with Gasteiger partial charge in [-0.25, -0.2) is 0 Å². The van der Waals surface area contributed by atoms with Crippen molar-refractivity contribution in [3.8, 4) is 0 Å². The quantitative estimate of drug-likeness (QED) is 0.0199. The van der Waals surface area contributed by atoms with E-state index in [2.05, 4.69) is 31.3 Å². The number of carbonyl (C=O) groups excluding carboxylic acids is 1. The summed E-state index contributed by atoms with van der Waals surface area (Å²) in [6.07, 6.45) is 69.4. The first-order chi connectivity index (χ1) is 55.8. The third-order valence-electron chi connectivity index (χ3n) is 24.5. The van der Waals surface area contributed by atoms with Gasteiger partial charge in [-0.3, -0.25) is 4.79 Å². The minimum atomic E-state index is -1.98. The molecule has 0 aromatic carbocycles. The summed E-state index contributed by atoms with van der Waals surface area (Å²) in [5.41, 5.74) is 0. The van der Waals surface area contributed by atoms with E-state index in [4.69, 9.17) is 28.4 Å². The van der Waals surface area contributed by atoms with Crippen LogP contribution in [-0.2, 0) is 33.2 Å². The smallest absolute Gasteiger partial charge is 0.220 e. The number of unbranched alkanes of at least 4 members (excludes halogenated alkanes) is 63. The van der Waals surface area contributed by atoms with Gasteiger partial charge in [0, 0.05) is 6.42 Å². The first kappa shape index (κ1) is 106. The van der Waals surface area contributed by atoms with Crippen LogP contribution in [0.3, 0.4) is 0 Å². The Balaban J connectivity index is 1.29. The molecule has 674 valence electrons. The first-order valence-electron chi connectivity index (χ1n) is 48.6. The Morgan fingerprint density at radius 2 is 0.561 bits per heavy atom. The lowest BCUT2D eigenvalue weighted by Crippen LogP contribution is -2.66. The summed E-state index contributed by atoms with van der Waals surface area (Å²) in [5, 5.41) is 121. The van der Waals surface area contributed by atoms with Crippen LogP contribution in [0.1, 0.15) is 444 Å². The lowest BCUT2D eigenvalue weighted by molar-refractivity contribution is -0.379. The zero-order chi connectivity index (χ0) is 82.4. The molecular weight excluding hydrogens is 1440 g/mol. The number of allylic oxidation sites excluding steroid dienone is 3. The van der Waals surface area contributed by atoms with Gasteiger partial charge >= 0.3 is 0 Å². The van der Waals surface area contributed by atoms with E-state index in [9.17, 15) is 61.0 Å². The van der Waals surface area contributed by atoms with Gasteiger partial charge in [-0.1, -0.05) is 430 Å². The molecule has 0 radical (unpaired) electrons. The van der Waals surface area contributed by atoms with Gasteiger partial charge in [0.1, 0.15) is 73.2 Å². The van der Waals surface area contributed by atoms with E-state index in [0.717, 1.165) is 38.5 Å². The zero-order valence-electron chi connectivity index (χ0n) is 73.1. The summed E-state index contributed by atoms with van der Waals surface area (Å²) in [7, 11) is 0. The summed E-state index contributed by atoms with van der Waals surface area (Å²) >= 11 is 0. The molecule has 114 heavy (non-hydrogen) atoms. The molecule has 19 heteroatoms. The first-order valence-corrected chi connectivity index (χ1v) is 48.6. The lowest BCUT2D eigenvalue weighted by atomic mass is 9.96. The van der Waals surface area contributed by atoms with Crippen molar-refractivity contribution in [1.29, 1.82) is 0 Å². The van der Waals surface area contributed by atoms with Gasteiger partial charge in [0.05, 0.1) is 38.6 Å². The predicted molar refractivity (Wildman–Crippen MR) is 462 cm³/mol. The molecule has 12 N–H and O–H groups in total. The molecule has 17 unspecified atom stereocenters. The SMILES string of the molecule is CCCCCCCCCCCCCCCCCCCCCCCCCC/C=C/CC/C=C/C(O)C(COC1OC(CO)C(OC2OC(CO)C(OC3OC(CO)C(O)C(O)C3O)C(O)C2O)C(O)C1O)NC(=O)CCCCCCCCCCCCCCCCCCCCCCCCCCCCCCCCCCCCCCCCC. The number of aliphatic hydroxyl groups is 11. The van der Waals surface area contributed by atoms with Crippen molar-refractivity contribution in [3.63, 3.8) is 0 Å². The molecular formula is C95H181NO18. The summed E-state index contributed by atoms with van der Waals surface area (Å²) in [6, 6.07) is -0.990. The van der Waals surface area contributed by atoms with Crippen LogP contribution in [0.25, 0.3) is 0 Å². The van der Waals surface area contributed by atoms with Crippen molar-refractivity contribution in [2.24, 2.45) is 0 Å². The van der Waals surface area contributed by atoms with Gasteiger partial charge in [0.15, 0.2) is 18.9 Å². The van der Waals surface area contributed by atoms with Gasteiger partial charge < -0.3 is 89.9 Å². The summed E-state index contributed by atoms with van der Waals surface area (Å²) in [6.45, 7) is 1.81. The van der Waals surface area contributed by atoms with Crippen LogP contribution in [0.2, 0.25) is 0 Å². The fraction of sp³-hybridized carbons (Fsp3) is 0.947. The molecule has 3 aliphatic rings. The van der Waals surface area contributed by atoms with Crippen LogP contribution in [0.5, 0.6) is 0 Å². The highest BCUT2D eigenvalue weighted by atomic mass is 16.8. The largest absolute Gasteiger partial charge is 0.394 e. The van der Waals surface area contributed by atoms with Gasteiger partial charge in [0.25, 0.3) is 0 Å². The van der Waals surface area contributed by atoms with E-state index in [1.54, 1.807) is 6.08 Å². The number of ether oxygens (including phenoxy) is 6. The topological polar surface area (TPSA) is 307 Å². The second-order valence-electron chi connectivity index (χ2n) is 34.9. The van der Waals surface area contributed by atoms with Crippen LogP contribution < -0.4 is 5.32 Å². The van der Waals surface area contributed by atoms with Gasteiger partial charge in [-0.05, 0) is 32.1 Å². The number of rotatable bonds is 81. The Labute approximate surface area is 696 Å². The van der Waals surface area contributed by atoms with Gasteiger partial charge in [-0.15, -0.1) is 0 Å². The highest BCUT2D eigenvalue weighted by Gasteiger charge is 2.54. The van der Waals surface area contributed by atoms with E-state index in [1.165, 1.54) is 372 Å². The Kier molecular flexibility index (Phi) is 70.1. The van der Waals surface area contributed by atoms with Crippen molar-refractivity contribution in [3.05, 3.63) is 24.3 Å². The van der Waals surface area contributed by atoms with Crippen molar-refractivity contribution < 1.29 is 89.4 Å². The van der Waals surface area contributed by atoms with E-state index in [-0.39, 0.29) is 18.9 Å². The molecule has 17 atom stereocenters. The van der Waals surface area contributed by atoms with E-state index >= 15 is 0 Å². The minimum Gasteiger partial charge on any atom is -0.394 e. The van der Waals surface area contributed by atoms with Crippen molar-refractivity contribution in [2.45, 2.75) is 548 Å². The highest BCUT2D eigenvalue weighted by Crippen LogP contribution is 2.34. The average molecular weight is 1630 g/mol. The second-order valence-corrected chi connectivity index (χ2v) is 34.9. The molecule has 0 aromatic heterocycles. The number of hydrogen-bond donors (Lipinski definition) is 12. The number of amides is 1. The van der Waals surface area contributed by atoms with Crippen LogP contribution in [0, 0.1) is 0 Å². The van der Waals surface area contributed by atoms with E-state index < -0.39 is 124 Å². The maximum atomic E-state index is 13.5. The maximum absolute atomic E-state index is 13.5. The molecule has 0 saturated carbocycles. The van der Waals surface area contributed by atoms with Crippen LogP contribution in [-0.4, -0.2) is 193 Å². The van der Waals surface area contributed by atoms with Crippen molar-refractivity contribution in [2.75, 3.05) is 26.4 Å². The van der Waals surface area contributed by atoms with E-state index in [0.29, 0.717) is 12.8 Å². The third kappa shape index (κ3) is 52.6. The molecule has 3 saturated heterocycles. The number of carbonyl (C=O) groups is 1. The summed E-state index contributed by atoms with van der Waals surface area (Å²) < 4.78 is 34.5. The molecule has 3 rings (SSSR count). The molecule has 0 bridgehead atoms. The summed E-state index contributed by atoms with van der Waals surface area (Å²) in [4.78, 5) is 13.5. The minimum absolute atomic E-state index is 0.242. The Morgan fingerprint density at radius 1 is 0.307 bits per heavy atom. The lowest BCUT2D eigenvalue weighted by Gasteiger charge is -2.48. The standard InChI is InChI=1S/C95H181NO18/c1-3-5-7-9-11-13-15-17-19-21-23-25-27-29-31-33-35-36-37-38-39-40-41-42-43-45-47-49-51-53-55-57-59-61-63-65-67-69-71-73-83(101)96-78(79(100)72-70-68-66-64-62-60-58-56-54-52-50-48-46-44-34-32-30-28-26-24-22-20-18-16-14-12-10-8-6-4-2)77-109-93-89(107)86(104)91(81(75-98)111-93)114-95-90(108)87(105)92(82(76-99)112-95)113-94-88(106)85(103)84(102)80(74-97)110-94/h62,64,70,72,78-82,84-95,97-100,102-108H,3-61,63,65-69,71,73-77H2,1-2H3,(H,96,101)/b64-62+,72-70+. The second kappa shape index (κ2) is 75.0. The van der Waals surface area contributed by atoms with Crippen molar-refractivity contribution >= 4 is 5.91 Å².